The third kappa shape index (κ3) is 3.47. The van der Waals surface area contributed by atoms with E-state index in [0.29, 0.717) is 51.6 Å². The lowest BCUT2D eigenvalue weighted by molar-refractivity contribution is -0.179. The highest BCUT2D eigenvalue weighted by Gasteiger charge is 2.43. The van der Waals surface area contributed by atoms with Gasteiger partial charge in [0.1, 0.15) is 0 Å². The third-order valence-corrected chi connectivity index (χ3v) is 6.81. The minimum Gasteiger partial charge on any atom is -0.347 e. The van der Waals surface area contributed by atoms with Crippen molar-refractivity contribution >= 4 is 10.2 Å². The standard InChI is InChI=1S/C14H27N3O4S/c15-11-13(12-3-1-2-4-12)16-22(18,19)17-7-5-14(6-8-17)20-9-10-21-14/h12-13,16H,1-11,15H2. The number of hydrogen-bond donors (Lipinski definition) is 2. The van der Waals surface area contributed by atoms with Gasteiger partial charge in [-0.05, 0) is 18.8 Å². The van der Waals surface area contributed by atoms with Crippen molar-refractivity contribution in [1.82, 2.24) is 9.03 Å². The number of piperidine rings is 1. The van der Waals surface area contributed by atoms with Crippen LogP contribution < -0.4 is 10.5 Å². The van der Waals surface area contributed by atoms with E-state index in [9.17, 15) is 8.42 Å². The monoisotopic (exact) mass is 333 g/mol. The van der Waals surface area contributed by atoms with E-state index >= 15 is 0 Å². The fourth-order valence-corrected chi connectivity index (χ4v) is 5.30. The van der Waals surface area contributed by atoms with Crippen LogP contribution in [0.3, 0.4) is 0 Å². The molecule has 0 bridgehead atoms. The summed E-state index contributed by atoms with van der Waals surface area (Å²) in [6.45, 7) is 2.41. The Morgan fingerprint density at radius 3 is 2.32 bits per heavy atom. The van der Waals surface area contributed by atoms with Gasteiger partial charge in [-0.2, -0.15) is 17.4 Å². The molecule has 3 rings (SSSR count). The summed E-state index contributed by atoms with van der Waals surface area (Å²) in [6, 6.07) is -0.151. The Bertz CT molecular complexity index is 462. The molecule has 0 aromatic heterocycles. The molecule has 7 nitrogen and oxygen atoms in total. The first-order valence-corrected chi connectivity index (χ1v) is 9.74. The van der Waals surface area contributed by atoms with Crippen molar-refractivity contribution in [3.05, 3.63) is 0 Å². The topological polar surface area (TPSA) is 93.9 Å². The summed E-state index contributed by atoms with van der Waals surface area (Å²) < 4.78 is 40.8. The first-order chi connectivity index (χ1) is 10.5. The Balaban J connectivity index is 1.58. The van der Waals surface area contributed by atoms with Gasteiger partial charge in [0.25, 0.3) is 10.2 Å². The van der Waals surface area contributed by atoms with Crippen LogP contribution in [-0.2, 0) is 19.7 Å². The predicted molar refractivity (Wildman–Crippen MR) is 82.3 cm³/mol. The van der Waals surface area contributed by atoms with Gasteiger partial charge in [-0.3, -0.25) is 0 Å². The second-order valence-electron chi connectivity index (χ2n) is 6.52. The van der Waals surface area contributed by atoms with Crippen LogP contribution in [0.2, 0.25) is 0 Å². The van der Waals surface area contributed by atoms with E-state index in [4.69, 9.17) is 15.2 Å². The Hall–Kier alpha value is -0.250. The zero-order chi connectivity index (χ0) is 15.6. The Morgan fingerprint density at radius 1 is 1.18 bits per heavy atom. The Labute approximate surface area is 132 Å². The molecular weight excluding hydrogens is 306 g/mol. The third-order valence-electron chi connectivity index (χ3n) is 5.16. The molecule has 3 aliphatic rings. The fourth-order valence-electron chi connectivity index (χ4n) is 3.82. The van der Waals surface area contributed by atoms with Crippen molar-refractivity contribution < 1.29 is 17.9 Å². The van der Waals surface area contributed by atoms with Crippen molar-refractivity contribution in [2.45, 2.75) is 50.4 Å². The molecule has 2 saturated heterocycles. The molecule has 0 aromatic rings. The summed E-state index contributed by atoms with van der Waals surface area (Å²) >= 11 is 0. The van der Waals surface area contributed by atoms with Crippen LogP contribution in [0.25, 0.3) is 0 Å². The first kappa shape index (κ1) is 16.6. The van der Waals surface area contributed by atoms with Crippen LogP contribution in [0.1, 0.15) is 38.5 Å². The highest BCUT2D eigenvalue weighted by Crippen LogP contribution is 2.32. The number of ether oxygens (including phenoxy) is 2. The first-order valence-electron chi connectivity index (χ1n) is 8.30. The lowest BCUT2D eigenvalue weighted by atomic mass is 9.99. The van der Waals surface area contributed by atoms with Crippen LogP contribution in [0, 0.1) is 5.92 Å². The molecule has 3 N–H and O–H groups in total. The number of nitrogens with two attached hydrogens (primary N) is 1. The van der Waals surface area contributed by atoms with E-state index < -0.39 is 16.0 Å². The normalized spacial score (nSPS) is 28.4. The van der Waals surface area contributed by atoms with Crippen LogP contribution in [0.4, 0.5) is 0 Å². The largest absolute Gasteiger partial charge is 0.347 e. The van der Waals surface area contributed by atoms with Gasteiger partial charge < -0.3 is 15.2 Å². The van der Waals surface area contributed by atoms with Crippen molar-refractivity contribution in [1.29, 1.82) is 0 Å². The van der Waals surface area contributed by atoms with Gasteiger partial charge in [0.15, 0.2) is 5.79 Å². The Morgan fingerprint density at radius 2 is 1.77 bits per heavy atom. The minimum atomic E-state index is -3.49. The number of nitrogens with zero attached hydrogens (tertiary/aromatic N) is 1. The average molecular weight is 333 g/mol. The van der Waals surface area contributed by atoms with E-state index in [0.717, 1.165) is 12.8 Å². The summed E-state index contributed by atoms with van der Waals surface area (Å²) in [5, 5.41) is 0. The molecule has 22 heavy (non-hydrogen) atoms. The van der Waals surface area contributed by atoms with Crippen LogP contribution in [0.5, 0.6) is 0 Å². The molecular formula is C14H27N3O4S. The second kappa shape index (κ2) is 6.70. The lowest BCUT2D eigenvalue weighted by Gasteiger charge is -2.37. The van der Waals surface area contributed by atoms with Crippen molar-refractivity contribution in [2.75, 3.05) is 32.8 Å². The summed E-state index contributed by atoms with van der Waals surface area (Å²) in [4.78, 5) is 0. The summed E-state index contributed by atoms with van der Waals surface area (Å²) in [5.74, 6) is -0.178. The quantitative estimate of drug-likeness (QED) is 0.748. The predicted octanol–water partition coefficient (Wildman–Crippen LogP) is 0.177. The van der Waals surface area contributed by atoms with Crippen molar-refractivity contribution in [2.24, 2.45) is 11.7 Å². The van der Waals surface area contributed by atoms with E-state index in [-0.39, 0.29) is 6.04 Å². The molecule has 1 spiro atoms. The highest BCUT2D eigenvalue weighted by molar-refractivity contribution is 7.87. The van der Waals surface area contributed by atoms with Crippen molar-refractivity contribution in [3.63, 3.8) is 0 Å². The van der Waals surface area contributed by atoms with E-state index in [1.165, 1.54) is 17.1 Å². The molecule has 1 unspecified atom stereocenters. The van der Waals surface area contributed by atoms with E-state index in [2.05, 4.69) is 4.72 Å². The minimum absolute atomic E-state index is 0.151. The maximum atomic E-state index is 12.6. The molecule has 1 atom stereocenters. The molecule has 8 heteroatoms. The van der Waals surface area contributed by atoms with Crippen molar-refractivity contribution in [3.8, 4) is 0 Å². The maximum Gasteiger partial charge on any atom is 0.279 e. The molecule has 1 saturated carbocycles. The fraction of sp³-hybridized carbons (Fsp3) is 1.00. The summed E-state index contributed by atoms with van der Waals surface area (Å²) in [7, 11) is -3.49. The molecule has 3 fully saturated rings. The molecule has 1 aliphatic carbocycles. The zero-order valence-electron chi connectivity index (χ0n) is 13.0. The van der Waals surface area contributed by atoms with E-state index in [1.807, 2.05) is 0 Å². The highest BCUT2D eigenvalue weighted by atomic mass is 32.2. The average Bonchev–Trinajstić information content (AvgIpc) is 3.18. The SMILES string of the molecule is NCC(NS(=O)(=O)N1CCC2(CC1)OCCO2)C1CCCC1. The Kier molecular flexibility index (Phi) is 5.06. The molecule has 2 aliphatic heterocycles. The maximum absolute atomic E-state index is 12.6. The van der Waals surface area contributed by atoms with Gasteiger partial charge in [0, 0.05) is 38.5 Å². The molecule has 0 amide bonds. The van der Waals surface area contributed by atoms with Gasteiger partial charge in [-0.15, -0.1) is 0 Å². The zero-order valence-corrected chi connectivity index (χ0v) is 13.8. The molecule has 0 radical (unpaired) electrons. The molecule has 0 aromatic carbocycles. The van der Waals surface area contributed by atoms with E-state index in [1.54, 1.807) is 0 Å². The number of rotatable bonds is 5. The number of hydrogen-bond acceptors (Lipinski definition) is 5. The second-order valence-corrected chi connectivity index (χ2v) is 8.22. The summed E-state index contributed by atoms with van der Waals surface area (Å²) in [5.41, 5.74) is 5.80. The lowest BCUT2D eigenvalue weighted by Crippen LogP contribution is -2.54. The van der Waals surface area contributed by atoms with Gasteiger partial charge in [-0.25, -0.2) is 0 Å². The van der Waals surface area contributed by atoms with Gasteiger partial charge in [0.05, 0.1) is 13.2 Å². The van der Waals surface area contributed by atoms with Crippen LogP contribution in [0.15, 0.2) is 0 Å². The van der Waals surface area contributed by atoms with Crippen LogP contribution in [-0.4, -0.2) is 57.4 Å². The van der Waals surface area contributed by atoms with Gasteiger partial charge in [0.2, 0.25) is 0 Å². The molecule has 2 heterocycles. The summed E-state index contributed by atoms with van der Waals surface area (Å²) in [6.07, 6.45) is 5.65. The van der Waals surface area contributed by atoms with Crippen LogP contribution >= 0.6 is 0 Å². The number of nitrogens with one attached hydrogen (secondary N) is 1. The van der Waals surface area contributed by atoms with Gasteiger partial charge >= 0.3 is 0 Å². The molecule has 128 valence electrons. The smallest absolute Gasteiger partial charge is 0.279 e. The van der Waals surface area contributed by atoms with Gasteiger partial charge in [-0.1, -0.05) is 12.8 Å².